The highest BCUT2D eigenvalue weighted by Crippen LogP contribution is 2.12. The van der Waals surface area contributed by atoms with E-state index in [1.165, 1.54) is 0 Å². The Morgan fingerprint density at radius 3 is 2.93 bits per heavy atom. The van der Waals surface area contributed by atoms with E-state index in [1.54, 1.807) is 31.4 Å². The summed E-state index contributed by atoms with van der Waals surface area (Å²) in [4.78, 5) is 11.6. The molecule has 80 valence electrons. The van der Waals surface area contributed by atoms with Crippen LogP contribution in [-0.4, -0.2) is 19.6 Å². The Labute approximate surface area is 93.7 Å². The van der Waals surface area contributed by atoms with Crippen molar-refractivity contribution in [1.82, 2.24) is 5.32 Å². The van der Waals surface area contributed by atoms with E-state index in [4.69, 9.17) is 16.3 Å². The summed E-state index contributed by atoms with van der Waals surface area (Å²) >= 11 is 5.53. The number of amides is 1. The van der Waals surface area contributed by atoms with Crippen LogP contribution in [-0.2, 0) is 0 Å². The fourth-order valence-electron chi connectivity index (χ4n) is 1.04. The second kappa shape index (κ2) is 5.41. The van der Waals surface area contributed by atoms with Gasteiger partial charge in [0.2, 0.25) is 0 Å². The van der Waals surface area contributed by atoms with Crippen LogP contribution in [0.25, 0.3) is 0 Å². The Hall–Kier alpha value is -1.48. The largest absolute Gasteiger partial charge is 0.497 e. The topological polar surface area (TPSA) is 38.3 Å². The van der Waals surface area contributed by atoms with E-state index in [2.05, 4.69) is 11.9 Å². The van der Waals surface area contributed by atoms with Gasteiger partial charge in [0.1, 0.15) is 5.75 Å². The molecule has 0 aromatic heterocycles. The van der Waals surface area contributed by atoms with E-state index in [9.17, 15) is 4.79 Å². The molecule has 0 aliphatic carbocycles. The minimum atomic E-state index is -0.198. The summed E-state index contributed by atoms with van der Waals surface area (Å²) < 4.78 is 5.01. The van der Waals surface area contributed by atoms with Crippen LogP contribution in [0.3, 0.4) is 0 Å². The van der Waals surface area contributed by atoms with Gasteiger partial charge in [0.25, 0.3) is 5.91 Å². The first-order valence-electron chi connectivity index (χ1n) is 4.39. The molecule has 1 amide bonds. The van der Waals surface area contributed by atoms with Crippen molar-refractivity contribution in [2.45, 2.75) is 0 Å². The molecule has 1 N–H and O–H groups in total. The molecule has 0 aliphatic heterocycles. The van der Waals surface area contributed by atoms with E-state index >= 15 is 0 Å². The maximum Gasteiger partial charge on any atom is 0.251 e. The Morgan fingerprint density at radius 2 is 2.33 bits per heavy atom. The van der Waals surface area contributed by atoms with Crippen LogP contribution < -0.4 is 10.1 Å². The highest BCUT2D eigenvalue weighted by Gasteiger charge is 2.05. The van der Waals surface area contributed by atoms with E-state index in [0.29, 0.717) is 16.3 Å². The molecule has 0 aliphatic rings. The normalized spacial score (nSPS) is 9.47. The van der Waals surface area contributed by atoms with Gasteiger partial charge in [-0.05, 0) is 18.2 Å². The number of carbonyl (C=O) groups is 1. The third-order valence-electron chi connectivity index (χ3n) is 1.77. The lowest BCUT2D eigenvalue weighted by molar-refractivity contribution is 0.0957. The second-order valence-electron chi connectivity index (χ2n) is 2.93. The third-order valence-corrected chi connectivity index (χ3v) is 1.91. The minimum Gasteiger partial charge on any atom is -0.497 e. The van der Waals surface area contributed by atoms with Crippen molar-refractivity contribution in [2.75, 3.05) is 13.7 Å². The number of ether oxygens (including phenoxy) is 1. The molecule has 0 bridgehead atoms. The summed E-state index contributed by atoms with van der Waals surface area (Å²) in [5.41, 5.74) is 0.535. The van der Waals surface area contributed by atoms with Crippen molar-refractivity contribution < 1.29 is 9.53 Å². The van der Waals surface area contributed by atoms with Gasteiger partial charge >= 0.3 is 0 Å². The number of carbonyl (C=O) groups excluding carboxylic acids is 1. The van der Waals surface area contributed by atoms with E-state index in [-0.39, 0.29) is 12.5 Å². The van der Waals surface area contributed by atoms with Gasteiger partial charge in [0.05, 0.1) is 13.7 Å². The molecule has 1 aromatic carbocycles. The number of hydrogen-bond donors (Lipinski definition) is 1. The SMILES string of the molecule is C=C(Cl)CNC(=O)c1cccc(OC)c1. The quantitative estimate of drug-likeness (QED) is 0.853. The number of methoxy groups -OCH3 is 1. The van der Waals surface area contributed by atoms with Crippen LogP contribution >= 0.6 is 11.6 Å². The van der Waals surface area contributed by atoms with Gasteiger partial charge < -0.3 is 10.1 Å². The first-order valence-corrected chi connectivity index (χ1v) is 4.77. The summed E-state index contributed by atoms with van der Waals surface area (Å²) in [6, 6.07) is 6.89. The van der Waals surface area contributed by atoms with Gasteiger partial charge in [0, 0.05) is 10.6 Å². The lowest BCUT2D eigenvalue weighted by atomic mass is 10.2. The highest BCUT2D eigenvalue weighted by atomic mass is 35.5. The molecule has 0 unspecified atom stereocenters. The van der Waals surface area contributed by atoms with Crippen LogP contribution in [0.2, 0.25) is 0 Å². The lowest BCUT2D eigenvalue weighted by Crippen LogP contribution is -2.24. The molecule has 0 fully saturated rings. The van der Waals surface area contributed by atoms with Crippen molar-refractivity contribution in [1.29, 1.82) is 0 Å². The van der Waals surface area contributed by atoms with Gasteiger partial charge in [-0.2, -0.15) is 0 Å². The smallest absolute Gasteiger partial charge is 0.251 e. The zero-order valence-electron chi connectivity index (χ0n) is 8.42. The number of benzene rings is 1. The minimum absolute atomic E-state index is 0.198. The fourth-order valence-corrected chi connectivity index (χ4v) is 1.11. The van der Waals surface area contributed by atoms with Gasteiger partial charge in [-0.15, -0.1) is 0 Å². The average molecular weight is 226 g/mol. The van der Waals surface area contributed by atoms with E-state index < -0.39 is 0 Å². The fraction of sp³-hybridized carbons (Fsp3) is 0.182. The van der Waals surface area contributed by atoms with Crippen LogP contribution in [0.5, 0.6) is 5.75 Å². The monoisotopic (exact) mass is 225 g/mol. The molecule has 0 saturated carbocycles. The standard InChI is InChI=1S/C11H12ClNO2/c1-8(12)7-13-11(14)9-4-3-5-10(6-9)15-2/h3-6H,1,7H2,2H3,(H,13,14). The number of rotatable bonds is 4. The van der Waals surface area contributed by atoms with Crippen LogP contribution in [0.4, 0.5) is 0 Å². The summed E-state index contributed by atoms with van der Waals surface area (Å²) in [6.07, 6.45) is 0. The maximum absolute atomic E-state index is 11.6. The van der Waals surface area contributed by atoms with Gasteiger partial charge in [-0.1, -0.05) is 24.2 Å². The summed E-state index contributed by atoms with van der Waals surface area (Å²) in [7, 11) is 1.55. The molecule has 0 atom stereocenters. The Balaban J connectivity index is 2.69. The maximum atomic E-state index is 11.6. The van der Waals surface area contributed by atoms with Crippen molar-refractivity contribution in [3.05, 3.63) is 41.4 Å². The molecule has 15 heavy (non-hydrogen) atoms. The van der Waals surface area contributed by atoms with Crippen molar-refractivity contribution >= 4 is 17.5 Å². The van der Waals surface area contributed by atoms with Crippen molar-refractivity contribution in [3.8, 4) is 5.75 Å². The van der Waals surface area contributed by atoms with Crippen LogP contribution in [0, 0.1) is 0 Å². The molecular formula is C11H12ClNO2. The van der Waals surface area contributed by atoms with Crippen LogP contribution in [0.15, 0.2) is 35.9 Å². The van der Waals surface area contributed by atoms with E-state index in [0.717, 1.165) is 0 Å². The molecule has 1 rings (SSSR count). The molecule has 0 heterocycles. The molecule has 0 spiro atoms. The first kappa shape index (κ1) is 11.6. The van der Waals surface area contributed by atoms with Crippen molar-refractivity contribution in [2.24, 2.45) is 0 Å². The Morgan fingerprint density at radius 1 is 1.60 bits per heavy atom. The second-order valence-corrected chi connectivity index (χ2v) is 3.47. The Bertz CT molecular complexity index is 377. The summed E-state index contributed by atoms with van der Waals surface area (Å²) in [6.45, 7) is 3.74. The predicted molar refractivity (Wildman–Crippen MR) is 60.3 cm³/mol. The molecule has 3 nitrogen and oxygen atoms in total. The highest BCUT2D eigenvalue weighted by molar-refractivity contribution is 6.29. The molecule has 0 radical (unpaired) electrons. The molecule has 1 aromatic rings. The average Bonchev–Trinajstić information content (AvgIpc) is 2.26. The summed E-state index contributed by atoms with van der Waals surface area (Å²) in [5.74, 6) is 0.447. The number of halogens is 1. The molecule has 4 heteroatoms. The Kier molecular flexibility index (Phi) is 4.18. The number of nitrogens with one attached hydrogen (secondary N) is 1. The molecular weight excluding hydrogens is 214 g/mol. The lowest BCUT2D eigenvalue weighted by Gasteiger charge is -2.05. The van der Waals surface area contributed by atoms with Gasteiger partial charge in [-0.3, -0.25) is 4.79 Å². The van der Waals surface area contributed by atoms with E-state index in [1.807, 2.05) is 0 Å². The van der Waals surface area contributed by atoms with Crippen LogP contribution in [0.1, 0.15) is 10.4 Å². The predicted octanol–water partition coefficient (Wildman–Crippen LogP) is 2.18. The number of hydrogen-bond acceptors (Lipinski definition) is 2. The zero-order valence-corrected chi connectivity index (χ0v) is 9.17. The zero-order chi connectivity index (χ0) is 11.3. The van der Waals surface area contributed by atoms with Gasteiger partial charge in [0.15, 0.2) is 0 Å². The van der Waals surface area contributed by atoms with Gasteiger partial charge in [-0.25, -0.2) is 0 Å². The third kappa shape index (κ3) is 3.64. The first-order chi connectivity index (χ1) is 7.13. The summed E-state index contributed by atoms with van der Waals surface area (Å²) in [5, 5.41) is 3.02. The van der Waals surface area contributed by atoms with Crippen molar-refractivity contribution in [3.63, 3.8) is 0 Å². The molecule has 0 saturated heterocycles.